The Labute approximate surface area is 108 Å². The Balaban J connectivity index is 1.97. The first kappa shape index (κ1) is 12.6. The predicted octanol–water partition coefficient (Wildman–Crippen LogP) is 2.31. The van der Waals surface area contributed by atoms with Gasteiger partial charge in [0.1, 0.15) is 5.01 Å². The Morgan fingerprint density at radius 3 is 3.00 bits per heavy atom. The second-order valence-electron chi connectivity index (χ2n) is 3.76. The van der Waals surface area contributed by atoms with Crippen molar-refractivity contribution in [3.05, 3.63) is 22.9 Å². The lowest BCUT2D eigenvalue weighted by Crippen LogP contribution is -2.10. The van der Waals surface area contributed by atoms with Crippen molar-refractivity contribution in [2.75, 3.05) is 11.1 Å². The Bertz CT molecular complexity index is 535. The highest BCUT2D eigenvalue weighted by molar-refractivity contribution is 7.15. The molecule has 3 N–H and O–H groups in total. The normalized spacial score (nSPS) is 10.5. The van der Waals surface area contributed by atoms with Gasteiger partial charge in [0.15, 0.2) is 11.6 Å². The predicted molar refractivity (Wildman–Crippen MR) is 69.6 cm³/mol. The maximum absolute atomic E-state index is 11.7. The number of nitrogens with zero attached hydrogens (tertiary/aromatic N) is 2. The number of nitrogen functional groups attached to an aromatic ring is 1. The van der Waals surface area contributed by atoms with Gasteiger partial charge in [0, 0.05) is 12.5 Å². The van der Waals surface area contributed by atoms with E-state index in [9.17, 15) is 4.79 Å². The molecule has 2 aromatic heterocycles. The lowest BCUT2D eigenvalue weighted by Gasteiger charge is -1.96. The molecule has 2 rings (SSSR count). The van der Waals surface area contributed by atoms with E-state index in [1.54, 1.807) is 0 Å². The number of amides is 1. The van der Waals surface area contributed by atoms with E-state index in [2.05, 4.69) is 22.4 Å². The van der Waals surface area contributed by atoms with Gasteiger partial charge < -0.3 is 10.2 Å². The van der Waals surface area contributed by atoms with Crippen LogP contribution in [0.4, 0.5) is 11.0 Å². The van der Waals surface area contributed by atoms with E-state index in [-0.39, 0.29) is 17.6 Å². The zero-order valence-corrected chi connectivity index (χ0v) is 10.8. The molecule has 0 bridgehead atoms. The fraction of sp³-hybridized carbons (Fsp3) is 0.364. The van der Waals surface area contributed by atoms with E-state index in [0.717, 1.165) is 24.3 Å². The van der Waals surface area contributed by atoms with Crippen LogP contribution in [-0.4, -0.2) is 16.1 Å². The summed E-state index contributed by atoms with van der Waals surface area (Å²) in [7, 11) is 0. The van der Waals surface area contributed by atoms with E-state index in [1.807, 2.05) is 0 Å². The van der Waals surface area contributed by atoms with Crippen molar-refractivity contribution >= 4 is 28.3 Å². The Hall–Kier alpha value is -1.89. The molecule has 0 saturated heterocycles. The van der Waals surface area contributed by atoms with Crippen molar-refractivity contribution < 1.29 is 9.21 Å². The summed E-state index contributed by atoms with van der Waals surface area (Å²) in [5, 5.41) is 11.9. The standard InChI is InChI=1S/C11H14N4O2S/c1-2-3-4-9-14-15-11(18-9)13-10(16)7-5-6-8(12)17-7/h5-6H,2-4,12H2,1H3,(H,13,15,16). The molecule has 0 radical (unpaired) electrons. The number of hydrogen-bond donors (Lipinski definition) is 2. The second-order valence-corrected chi connectivity index (χ2v) is 4.82. The number of anilines is 2. The van der Waals surface area contributed by atoms with Crippen LogP contribution in [0.2, 0.25) is 0 Å². The summed E-state index contributed by atoms with van der Waals surface area (Å²) in [6.07, 6.45) is 3.06. The number of aryl methyl sites for hydroxylation is 1. The minimum atomic E-state index is -0.370. The van der Waals surface area contributed by atoms with E-state index >= 15 is 0 Å². The molecule has 0 aromatic carbocycles. The fourth-order valence-electron chi connectivity index (χ4n) is 1.37. The van der Waals surface area contributed by atoms with E-state index < -0.39 is 0 Å². The van der Waals surface area contributed by atoms with Crippen LogP contribution < -0.4 is 11.1 Å². The first-order valence-corrected chi connectivity index (χ1v) is 6.49. The molecule has 0 fully saturated rings. The largest absolute Gasteiger partial charge is 0.436 e. The van der Waals surface area contributed by atoms with Crippen molar-refractivity contribution in [2.45, 2.75) is 26.2 Å². The third kappa shape index (κ3) is 3.07. The average Bonchev–Trinajstić information content (AvgIpc) is 2.96. The van der Waals surface area contributed by atoms with Crippen LogP contribution in [0.3, 0.4) is 0 Å². The van der Waals surface area contributed by atoms with Gasteiger partial charge in [-0.25, -0.2) is 0 Å². The minimum Gasteiger partial charge on any atom is -0.436 e. The van der Waals surface area contributed by atoms with Gasteiger partial charge in [-0.2, -0.15) is 0 Å². The van der Waals surface area contributed by atoms with Crippen LogP contribution >= 0.6 is 11.3 Å². The summed E-state index contributed by atoms with van der Waals surface area (Å²) in [4.78, 5) is 11.7. The Morgan fingerprint density at radius 1 is 1.50 bits per heavy atom. The molecule has 0 aliphatic heterocycles. The van der Waals surface area contributed by atoms with Gasteiger partial charge in [-0.3, -0.25) is 10.1 Å². The number of furan rings is 1. The SMILES string of the molecule is CCCCc1nnc(NC(=O)c2ccc(N)o2)s1. The van der Waals surface area contributed by atoms with Crippen molar-refractivity contribution in [3.8, 4) is 0 Å². The first-order chi connectivity index (χ1) is 8.69. The second kappa shape index (κ2) is 5.63. The number of nitrogens with one attached hydrogen (secondary N) is 1. The van der Waals surface area contributed by atoms with Gasteiger partial charge >= 0.3 is 0 Å². The molecule has 96 valence electrons. The number of hydrogen-bond acceptors (Lipinski definition) is 6. The minimum absolute atomic E-state index is 0.165. The average molecular weight is 266 g/mol. The van der Waals surface area contributed by atoms with Gasteiger partial charge in [0.2, 0.25) is 5.13 Å². The number of aromatic nitrogens is 2. The maximum atomic E-state index is 11.7. The molecular weight excluding hydrogens is 252 g/mol. The molecule has 0 saturated carbocycles. The van der Waals surface area contributed by atoms with Gasteiger partial charge in [-0.1, -0.05) is 24.7 Å². The summed E-state index contributed by atoms with van der Waals surface area (Å²) in [5.41, 5.74) is 5.40. The van der Waals surface area contributed by atoms with Crippen molar-refractivity contribution in [2.24, 2.45) is 0 Å². The third-order valence-electron chi connectivity index (χ3n) is 2.28. The number of carbonyl (C=O) groups excluding carboxylic acids is 1. The van der Waals surface area contributed by atoms with Crippen molar-refractivity contribution in [1.82, 2.24) is 10.2 Å². The molecule has 1 amide bonds. The molecule has 0 aliphatic rings. The lowest BCUT2D eigenvalue weighted by molar-refractivity contribution is 0.0997. The highest BCUT2D eigenvalue weighted by atomic mass is 32.1. The summed E-state index contributed by atoms with van der Waals surface area (Å²) in [6.45, 7) is 2.12. The molecular formula is C11H14N4O2S. The summed E-state index contributed by atoms with van der Waals surface area (Å²) in [5.74, 6) is 0.00347. The zero-order chi connectivity index (χ0) is 13.0. The van der Waals surface area contributed by atoms with Gasteiger partial charge in [0.05, 0.1) is 0 Å². The molecule has 0 aliphatic carbocycles. The summed E-state index contributed by atoms with van der Waals surface area (Å²) < 4.78 is 5.01. The van der Waals surface area contributed by atoms with Gasteiger partial charge in [-0.05, 0) is 12.5 Å². The fourth-order valence-corrected chi connectivity index (χ4v) is 2.14. The van der Waals surface area contributed by atoms with Gasteiger partial charge in [-0.15, -0.1) is 10.2 Å². The van der Waals surface area contributed by atoms with Crippen molar-refractivity contribution in [1.29, 1.82) is 0 Å². The summed E-state index contributed by atoms with van der Waals surface area (Å²) in [6, 6.07) is 3.05. The zero-order valence-electron chi connectivity index (χ0n) is 9.97. The van der Waals surface area contributed by atoms with Crippen LogP contribution in [0.25, 0.3) is 0 Å². The van der Waals surface area contributed by atoms with Gasteiger partial charge in [0.25, 0.3) is 5.91 Å². The first-order valence-electron chi connectivity index (χ1n) is 5.68. The van der Waals surface area contributed by atoms with Crippen LogP contribution in [0.1, 0.15) is 35.3 Å². The monoisotopic (exact) mass is 266 g/mol. The smallest absolute Gasteiger partial charge is 0.293 e. The maximum Gasteiger partial charge on any atom is 0.293 e. The molecule has 18 heavy (non-hydrogen) atoms. The molecule has 2 aromatic rings. The number of unbranched alkanes of at least 4 members (excludes halogenated alkanes) is 1. The van der Waals surface area contributed by atoms with Crippen LogP contribution in [-0.2, 0) is 6.42 Å². The molecule has 0 spiro atoms. The lowest BCUT2D eigenvalue weighted by atomic mass is 10.3. The number of rotatable bonds is 5. The Morgan fingerprint density at radius 2 is 2.33 bits per heavy atom. The Kier molecular flexibility index (Phi) is 3.93. The highest BCUT2D eigenvalue weighted by Gasteiger charge is 2.13. The topological polar surface area (TPSA) is 94.0 Å². The van der Waals surface area contributed by atoms with Crippen LogP contribution in [0.5, 0.6) is 0 Å². The molecule has 2 heterocycles. The van der Waals surface area contributed by atoms with Crippen LogP contribution in [0.15, 0.2) is 16.5 Å². The molecule has 0 unspecified atom stereocenters. The van der Waals surface area contributed by atoms with Crippen LogP contribution in [0, 0.1) is 0 Å². The summed E-state index contributed by atoms with van der Waals surface area (Å²) >= 11 is 1.38. The number of carbonyl (C=O) groups is 1. The molecule has 6 nitrogen and oxygen atoms in total. The van der Waals surface area contributed by atoms with E-state index in [1.165, 1.54) is 23.5 Å². The number of nitrogens with two attached hydrogens (primary N) is 1. The van der Waals surface area contributed by atoms with E-state index in [4.69, 9.17) is 10.2 Å². The molecule has 7 heteroatoms. The third-order valence-corrected chi connectivity index (χ3v) is 3.18. The highest BCUT2D eigenvalue weighted by Crippen LogP contribution is 2.18. The molecule has 0 atom stereocenters. The van der Waals surface area contributed by atoms with E-state index in [0.29, 0.717) is 5.13 Å². The van der Waals surface area contributed by atoms with Crippen molar-refractivity contribution in [3.63, 3.8) is 0 Å². The quantitative estimate of drug-likeness (QED) is 0.866.